The number of hydrogen-bond donors (Lipinski definition) is 2. The number of rotatable bonds is 6. The van der Waals surface area contributed by atoms with Crippen LogP contribution in [0.5, 0.6) is 5.75 Å². The molecule has 0 aliphatic heterocycles. The number of carbonyl (C=O) groups is 1. The van der Waals surface area contributed by atoms with Crippen molar-refractivity contribution >= 4 is 27.3 Å². The lowest BCUT2D eigenvalue weighted by atomic mass is 10.2. The van der Waals surface area contributed by atoms with E-state index in [2.05, 4.69) is 14.8 Å². The molecule has 0 heterocycles. The van der Waals surface area contributed by atoms with E-state index in [1.54, 1.807) is 13.0 Å². The molecule has 2 aromatic carbocycles. The summed E-state index contributed by atoms with van der Waals surface area (Å²) in [5.74, 6) is -0.560. The molecule has 1 amide bonds. The Bertz CT molecular complexity index is 868. The molecule has 0 saturated heterocycles. The van der Waals surface area contributed by atoms with Gasteiger partial charge in [0.25, 0.3) is 10.0 Å². The minimum absolute atomic E-state index is 0.0924. The summed E-state index contributed by atoms with van der Waals surface area (Å²) in [6, 6.07) is 9.63. The van der Waals surface area contributed by atoms with Crippen LogP contribution in [0.15, 0.2) is 47.4 Å². The second-order valence-electron chi connectivity index (χ2n) is 5.19. The van der Waals surface area contributed by atoms with E-state index in [0.717, 1.165) is 0 Å². The van der Waals surface area contributed by atoms with Crippen molar-refractivity contribution in [1.29, 1.82) is 0 Å². The second-order valence-corrected chi connectivity index (χ2v) is 6.87. The molecule has 0 atom stereocenters. The number of aryl methyl sites for hydroxylation is 1. The molecule has 0 fully saturated rings. The molecule has 25 heavy (non-hydrogen) atoms. The highest BCUT2D eigenvalue weighted by molar-refractivity contribution is 7.92. The van der Waals surface area contributed by atoms with E-state index in [0.29, 0.717) is 11.3 Å². The van der Waals surface area contributed by atoms with Crippen molar-refractivity contribution in [3.63, 3.8) is 0 Å². The largest absolute Gasteiger partial charge is 0.433 e. The average molecular weight is 370 g/mol. The van der Waals surface area contributed by atoms with Crippen molar-refractivity contribution in [2.45, 2.75) is 25.4 Å². The maximum atomic E-state index is 12.5. The third-order valence-electron chi connectivity index (χ3n) is 3.08. The first-order valence-electron chi connectivity index (χ1n) is 7.13. The maximum Gasteiger partial charge on any atom is 0.387 e. The zero-order valence-electron chi connectivity index (χ0n) is 13.4. The smallest absolute Gasteiger partial charge is 0.387 e. The summed E-state index contributed by atoms with van der Waals surface area (Å²) in [6.07, 6.45) is 0. The Labute approximate surface area is 143 Å². The molecular weight excluding hydrogens is 354 g/mol. The van der Waals surface area contributed by atoms with Gasteiger partial charge in [0.05, 0.1) is 10.6 Å². The third-order valence-corrected chi connectivity index (χ3v) is 4.46. The van der Waals surface area contributed by atoms with Gasteiger partial charge in [-0.05, 0) is 48.9 Å². The molecule has 0 aromatic heterocycles. The van der Waals surface area contributed by atoms with Gasteiger partial charge in [-0.1, -0.05) is 6.07 Å². The molecule has 134 valence electrons. The van der Waals surface area contributed by atoms with Gasteiger partial charge in [0.2, 0.25) is 5.91 Å². The fourth-order valence-electron chi connectivity index (χ4n) is 2.03. The number of sulfonamides is 1. The Balaban J connectivity index is 2.28. The van der Waals surface area contributed by atoms with Crippen molar-refractivity contribution < 1.29 is 26.7 Å². The van der Waals surface area contributed by atoms with Crippen LogP contribution in [0.1, 0.15) is 12.5 Å². The lowest BCUT2D eigenvalue weighted by Crippen LogP contribution is -2.15. The normalized spacial score (nSPS) is 11.2. The highest BCUT2D eigenvalue weighted by atomic mass is 32.2. The summed E-state index contributed by atoms with van der Waals surface area (Å²) in [7, 11) is -4.02. The lowest BCUT2D eigenvalue weighted by molar-refractivity contribution is -0.114. The minimum atomic E-state index is -4.02. The van der Waals surface area contributed by atoms with Crippen LogP contribution in [0.4, 0.5) is 20.2 Å². The van der Waals surface area contributed by atoms with Gasteiger partial charge in [0, 0.05) is 12.6 Å². The predicted octanol–water partition coefficient (Wildman–Crippen LogP) is 3.36. The Morgan fingerprint density at radius 1 is 1.12 bits per heavy atom. The summed E-state index contributed by atoms with van der Waals surface area (Å²) >= 11 is 0. The molecule has 0 saturated carbocycles. The van der Waals surface area contributed by atoms with Crippen LogP contribution in [-0.2, 0) is 14.8 Å². The number of anilines is 2. The van der Waals surface area contributed by atoms with Gasteiger partial charge < -0.3 is 10.1 Å². The molecule has 0 aliphatic rings. The van der Waals surface area contributed by atoms with Crippen LogP contribution in [0.25, 0.3) is 0 Å². The van der Waals surface area contributed by atoms with Gasteiger partial charge in [-0.3, -0.25) is 9.52 Å². The first kappa shape index (κ1) is 18.7. The molecular formula is C16H16F2N2O4S. The minimum Gasteiger partial charge on any atom is -0.433 e. The molecule has 9 heteroatoms. The first-order chi connectivity index (χ1) is 11.7. The van der Waals surface area contributed by atoms with Crippen molar-refractivity contribution in [2.75, 3.05) is 10.0 Å². The number of hydrogen-bond acceptors (Lipinski definition) is 4. The molecule has 2 rings (SSSR count). The highest BCUT2D eigenvalue weighted by Gasteiger charge is 2.18. The van der Waals surface area contributed by atoms with E-state index >= 15 is 0 Å². The topological polar surface area (TPSA) is 84.5 Å². The number of alkyl halides is 2. The van der Waals surface area contributed by atoms with Gasteiger partial charge in [-0.2, -0.15) is 8.78 Å². The summed E-state index contributed by atoms with van der Waals surface area (Å²) in [5.41, 5.74) is 0.971. The summed E-state index contributed by atoms with van der Waals surface area (Å²) < 4.78 is 56.4. The van der Waals surface area contributed by atoms with Crippen molar-refractivity contribution in [3.05, 3.63) is 48.0 Å². The van der Waals surface area contributed by atoms with Crippen molar-refractivity contribution in [3.8, 4) is 5.75 Å². The van der Waals surface area contributed by atoms with Gasteiger partial charge in [0.15, 0.2) is 0 Å². The highest BCUT2D eigenvalue weighted by Crippen LogP contribution is 2.29. The van der Waals surface area contributed by atoms with E-state index < -0.39 is 16.6 Å². The number of amides is 1. The molecule has 0 aliphatic carbocycles. The molecule has 0 spiro atoms. The summed E-state index contributed by atoms with van der Waals surface area (Å²) in [6.45, 7) is -0.0899. The van der Waals surface area contributed by atoms with Crippen molar-refractivity contribution in [2.24, 2.45) is 0 Å². The third kappa shape index (κ3) is 5.15. The number of halogens is 2. The van der Waals surface area contributed by atoms with Gasteiger partial charge in [0.1, 0.15) is 5.75 Å². The van der Waals surface area contributed by atoms with Gasteiger partial charge >= 0.3 is 6.61 Å². The predicted molar refractivity (Wildman–Crippen MR) is 89.4 cm³/mol. The fourth-order valence-corrected chi connectivity index (χ4v) is 3.10. The molecule has 2 N–H and O–H groups in total. The standard InChI is InChI=1S/C16H16F2N2O4S/c1-10-3-8-14(15(9-10)24-16(17)18)20-25(22,23)13-6-4-12(5-7-13)19-11(2)21/h3-9,16,20H,1-2H3,(H,19,21). The van der Waals surface area contributed by atoms with Gasteiger partial charge in [-0.15, -0.1) is 0 Å². The summed E-state index contributed by atoms with van der Waals surface area (Å²) in [5, 5.41) is 2.51. The van der Waals surface area contributed by atoms with Gasteiger partial charge in [-0.25, -0.2) is 8.42 Å². The molecule has 6 nitrogen and oxygen atoms in total. The summed E-state index contributed by atoms with van der Waals surface area (Å²) in [4.78, 5) is 10.9. The molecule has 2 aromatic rings. The Hall–Kier alpha value is -2.68. The fraction of sp³-hybridized carbons (Fsp3) is 0.188. The van der Waals surface area contributed by atoms with Crippen molar-refractivity contribution in [1.82, 2.24) is 0 Å². The Morgan fingerprint density at radius 2 is 1.76 bits per heavy atom. The van der Waals surface area contributed by atoms with E-state index in [9.17, 15) is 22.0 Å². The SMILES string of the molecule is CC(=O)Nc1ccc(S(=O)(=O)Nc2ccc(C)cc2OC(F)F)cc1. The average Bonchev–Trinajstić information content (AvgIpc) is 2.49. The molecule has 0 radical (unpaired) electrons. The zero-order valence-corrected chi connectivity index (χ0v) is 14.2. The number of carbonyl (C=O) groups excluding carboxylic acids is 1. The lowest BCUT2D eigenvalue weighted by Gasteiger charge is -2.14. The van der Waals surface area contributed by atoms with Crippen LogP contribution < -0.4 is 14.8 Å². The zero-order chi connectivity index (χ0) is 18.6. The first-order valence-corrected chi connectivity index (χ1v) is 8.61. The quantitative estimate of drug-likeness (QED) is 0.817. The van der Waals surface area contributed by atoms with E-state index in [1.807, 2.05) is 0 Å². The Morgan fingerprint density at radius 3 is 2.32 bits per heavy atom. The van der Waals surface area contributed by atoms with Crippen LogP contribution in [0.2, 0.25) is 0 Å². The number of nitrogens with one attached hydrogen (secondary N) is 2. The number of benzene rings is 2. The molecule has 0 unspecified atom stereocenters. The Kier molecular flexibility index (Phi) is 5.58. The van der Waals surface area contributed by atoms with E-state index in [-0.39, 0.29) is 22.2 Å². The van der Waals surface area contributed by atoms with Crippen LogP contribution in [-0.4, -0.2) is 20.9 Å². The maximum absolute atomic E-state index is 12.5. The van der Waals surface area contributed by atoms with E-state index in [1.165, 1.54) is 43.3 Å². The van der Waals surface area contributed by atoms with Crippen LogP contribution in [0.3, 0.4) is 0 Å². The molecule has 0 bridgehead atoms. The second kappa shape index (κ2) is 7.47. The monoisotopic (exact) mass is 370 g/mol. The number of ether oxygens (including phenoxy) is 1. The van der Waals surface area contributed by atoms with Crippen LogP contribution >= 0.6 is 0 Å². The van der Waals surface area contributed by atoms with E-state index in [4.69, 9.17) is 0 Å². The van der Waals surface area contributed by atoms with Crippen LogP contribution in [0, 0.1) is 6.92 Å².